The van der Waals surface area contributed by atoms with E-state index in [1.54, 1.807) is 25.1 Å². The van der Waals surface area contributed by atoms with E-state index in [-0.39, 0.29) is 11.6 Å². The molecule has 1 aliphatic rings. The number of aryl methyl sites for hydroxylation is 1. The van der Waals surface area contributed by atoms with Crippen LogP contribution in [0.3, 0.4) is 0 Å². The maximum absolute atomic E-state index is 12.0. The van der Waals surface area contributed by atoms with Crippen LogP contribution in [0.5, 0.6) is 0 Å². The Morgan fingerprint density at radius 3 is 2.50 bits per heavy atom. The Hall–Kier alpha value is -1.48. The topological polar surface area (TPSA) is 54.4 Å². The van der Waals surface area contributed by atoms with Crippen LogP contribution < -0.4 is 0 Å². The van der Waals surface area contributed by atoms with Crippen LogP contribution in [-0.2, 0) is 0 Å². The molecule has 0 saturated carbocycles. The van der Waals surface area contributed by atoms with Crippen LogP contribution in [0.15, 0.2) is 18.2 Å². The summed E-state index contributed by atoms with van der Waals surface area (Å²) in [5.74, 6) is -1.21. The lowest BCUT2D eigenvalue weighted by molar-refractivity contribution is 0.0115. The number of hydrogen-bond donors (Lipinski definition) is 1. The van der Waals surface area contributed by atoms with Crippen molar-refractivity contribution < 1.29 is 14.7 Å². The van der Waals surface area contributed by atoms with Gasteiger partial charge in [0.05, 0.1) is 5.92 Å². The van der Waals surface area contributed by atoms with Crippen molar-refractivity contribution >= 4 is 11.6 Å². The van der Waals surface area contributed by atoms with Gasteiger partial charge >= 0.3 is 0 Å². The van der Waals surface area contributed by atoms with E-state index in [0.29, 0.717) is 11.1 Å². The molecular formula is C13H14O3. The third-order valence-electron chi connectivity index (χ3n) is 3.38. The number of aliphatic hydroxyl groups is 1. The third-order valence-corrected chi connectivity index (χ3v) is 3.38. The summed E-state index contributed by atoms with van der Waals surface area (Å²) in [4.78, 5) is 24.0. The van der Waals surface area contributed by atoms with Crippen molar-refractivity contribution in [3.8, 4) is 0 Å². The van der Waals surface area contributed by atoms with Gasteiger partial charge in [0.15, 0.2) is 11.6 Å². The monoisotopic (exact) mass is 218 g/mol. The molecule has 84 valence electrons. The lowest BCUT2D eigenvalue weighted by atomic mass is 9.72. The van der Waals surface area contributed by atoms with Crippen LogP contribution in [0.2, 0.25) is 0 Å². The number of fused-ring (bicyclic) bond motifs is 1. The first kappa shape index (κ1) is 11.0. The highest BCUT2D eigenvalue weighted by Crippen LogP contribution is 2.33. The Bertz CT molecular complexity index is 486. The maximum atomic E-state index is 12.0. The number of carbonyl (C=O) groups is 2. The molecule has 0 radical (unpaired) electrons. The minimum atomic E-state index is -1.59. The van der Waals surface area contributed by atoms with Gasteiger partial charge in [-0.2, -0.15) is 0 Å². The first-order chi connectivity index (χ1) is 7.35. The van der Waals surface area contributed by atoms with Crippen molar-refractivity contribution in [1.29, 1.82) is 0 Å². The molecule has 1 aromatic rings. The van der Waals surface area contributed by atoms with Crippen LogP contribution in [0, 0.1) is 12.8 Å². The summed E-state index contributed by atoms with van der Waals surface area (Å²) in [5.41, 5.74) is 0.0886. The summed E-state index contributed by atoms with van der Waals surface area (Å²) in [6, 6.07) is 5.13. The zero-order valence-corrected chi connectivity index (χ0v) is 9.57. The maximum Gasteiger partial charge on any atom is 0.195 e. The number of rotatable bonds is 0. The quantitative estimate of drug-likeness (QED) is 0.722. The second-order valence-corrected chi connectivity index (χ2v) is 4.61. The van der Waals surface area contributed by atoms with Crippen LogP contribution in [0.1, 0.15) is 40.1 Å². The van der Waals surface area contributed by atoms with E-state index in [9.17, 15) is 14.7 Å². The molecule has 0 spiro atoms. The molecule has 0 heterocycles. The van der Waals surface area contributed by atoms with Gasteiger partial charge in [-0.05, 0) is 19.9 Å². The Kier molecular flexibility index (Phi) is 2.24. The number of ketones is 2. The van der Waals surface area contributed by atoms with Crippen LogP contribution >= 0.6 is 0 Å². The first-order valence-electron chi connectivity index (χ1n) is 5.27. The highest BCUT2D eigenvalue weighted by molar-refractivity contribution is 6.18. The molecule has 2 rings (SSSR count). The van der Waals surface area contributed by atoms with Crippen molar-refractivity contribution in [2.45, 2.75) is 26.4 Å². The van der Waals surface area contributed by atoms with Crippen LogP contribution in [0.25, 0.3) is 0 Å². The Morgan fingerprint density at radius 2 is 1.88 bits per heavy atom. The van der Waals surface area contributed by atoms with Gasteiger partial charge in [-0.1, -0.05) is 24.6 Å². The Morgan fingerprint density at radius 1 is 1.25 bits per heavy atom. The fourth-order valence-electron chi connectivity index (χ4n) is 2.02. The minimum Gasteiger partial charge on any atom is -0.381 e. The van der Waals surface area contributed by atoms with Crippen molar-refractivity contribution in [2.75, 3.05) is 0 Å². The number of Topliss-reactive ketones (excluding diaryl/α,β-unsaturated/α-hetero) is 2. The molecule has 1 N–H and O–H groups in total. The molecule has 0 aromatic heterocycles. The van der Waals surface area contributed by atoms with Crippen molar-refractivity contribution in [2.24, 2.45) is 5.92 Å². The van der Waals surface area contributed by atoms with Crippen molar-refractivity contribution in [3.05, 3.63) is 34.9 Å². The summed E-state index contributed by atoms with van der Waals surface area (Å²) < 4.78 is 0. The van der Waals surface area contributed by atoms with Gasteiger partial charge in [-0.25, -0.2) is 0 Å². The molecule has 0 aliphatic heterocycles. The molecule has 3 heteroatoms. The summed E-state index contributed by atoms with van der Waals surface area (Å²) in [7, 11) is 0. The predicted molar refractivity (Wildman–Crippen MR) is 59.6 cm³/mol. The molecule has 0 amide bonds. The van der Waals surface area contributed by atoms with Gasteiger partial charge in [0, 0.05) is 11.1 Å². The number of benzene rings is 1. The number of hydrogen-bond acceptors (Lipinski definition) is 3. The molecule has 3 nitrogen and oxygen atoms in total. The zero-order valence-electron chi connectivity index (χ0n) is 9.57. The summed E-state index contributed by atoms with van der Waals surface area (Å²) >= 11 is 0. The molecule has 0 saturated heterocycles. The van der Waals surface area contributed by atoms with E-state index in [4.69, 9.17) is 0 Å². The van der Waals surface area contributed by atoms with Gasteiger partial charge in [0.2, 0.25) is 0 Å². The summed E-state index contributed by atoms with van der Waals surface area (Å²) in [6.07, 6.45) is 0. The van der Waals surface area contributed by atoms with Gasteiger partial charge in [-0.15, -0.1) is 0 Å². The van der Waals surface area contributed by atoms with Gasteiger partial charge in [-0.3, -0.25) is 9.59 Å². The predicted octanol–water partition coefficient (Wildman–Crippen LogP) is 1.76. The van der Waals surface area contributed by atoms with E-state index in [1.807, 2.05) is 6.92 Å². The average molecular weight is 218 g/mol. The van der Waals surface area contributed by atoms with E-state index in [0.717, 1.165) is 5.56 Å². The number of carbonyl (C=O) groups excluding carboxylic acids is 2. The van der Waals surface area contributed by atoms with Crippen LogP contribution in [0.4, 0.5) is 0 Å². The van der Waals surface area contributed by atoms with Gasteiger partial charge < -0.3 is 5.11 Å². The Labute approximate surface area is 94.1 Å². The highest BCUT2D eigenvalue weighted by Gasteiger charge is 2.46. The fourth-order valence-corrected chi connectivity index (χ4v) is 2.02. The molecule has 0 fully saturated rings. The molecule has 1 aliphatic carbocycles. The molecule has 1 aromatic carbocycles. The van der Waals surface area contributed by atoms with Crippen LogP contribution in [-0.4, -0.2) is 22.3 Å². The lowest BCUT2D eigenvalue weighted by Crippen LogP contribution is -2.49. The standard InChI is InChI=1S/C13H14O3/c1-7-4-5-9-10(6-7)12(15)13(3,16)8(2)11(9)14/h4-6,8,16H,1-3H3/t8-,13-/m1/s1. The summed E-state index contributed by atoms with van der Waals surface area (Å²) in [5, 5.41) is 10.0. The second kappa shape index (κ2) is 3.25. The van der Waals surface area contributed by atoms with E-state index in [2.05, 4.69) is 0 Å². The minimum absolute atomic E-state index is 0.167. The highest BCUT2D eigenvalue weighted by atomic mass is 16.3. The largest absolute Gasteiger partial charge is 0.381 e. The van der Waals surface area contributed by atoms with Crippen molar-refractivity contribution in [1.82, 2.24) is 0 Å². The Balaban J connectivity index is 2.70. The molecule has 16 heavy (non-hydrogen) atoms. The molecule has 0 bridgehead atoms. The van der Waals surface area contributed by atoms with Crippen molar-refractivity contribution in [3.63, 3.8) is 0 Å². The molecule has 0 unspecified atom stereocenters. The van der Waals surface area contributed by atoms with E-state index in [1.165, 1.54) is 6.92 Å². The first-order valence-corrected chi connectivity index (χ1v) is 5.27. The normalized spacial score (nSPS) is 29.1. The van der Waals surface area contributed by atoms with Gasteiger partial charge in [0.1, 0.15) is 5.60 Å². The summed E-state index contributed by atoms with van der Waals surface area (Å²) in [6.45, 7) is 4.84. The van der Waals surface area contributed by atoms with E-state index < -0.39 is 11.5 Å². The third kappa shape index (κ3) is 1.32. The zero-order chi connectivity index (χ0) is 12.1. The van der Waals surface area contributed by atoms with E-state index >= 15 is 0 Å². The molecular weight excluding hydrogens is 204 g/mol. The van der Waals surface area contributed by atoms with Gasteiger partial charge in [0.25, 0.3) is 0 Å². The lowest BCUT2D eigenvalue weighted by Gasteiger charge is -2.33. The fraction of sp³-hybridized carbons (Fsp3) is 0.385. The average Bonchev–Trinajstić information content (AvgIpc) is 2.24. The molecule has 2 atom stereocenters. The second-order valence-electron chi connectivity index (χ2n) is 4.61. The smallest absolute Gasteiger partial charge is 0.195 e. The SMILES string of the molecule is Cc1ccc2c(c1)C(=O)[C@](C)(O)[C@H](C)C2=O.